The van der Waals surface area contributed by atoms with E-state index in [1.54, 1.807) is 31.3 Å². The number of phenolic OH excluding ortho intramolecular Hbond substituents is 2. The van der Waals surface area contributed by atoms with Crippen molar-refractivity contribution in [3.63, 3.8) is 0 Å². The first-order chi connectivity index (χ1) is 14.9. The molecule has 0 unspecified atom stereocenters. The third-order valence-corrected chi connectivity index (χ3v) is 6.04. The van der Waals surface area contributed by atoms with E-state index in [0.29, 0.717) is 11.5 Å². The summed E-state index contributed by atoms with van der Waals surface area (Å²) in [6.07, 6.45) is 3.20. The molecular weight excluding hydrogens is 410 g/mol. The molecule has 5 nitrogen and oxygen atoms in total. The van der Waals surface area contributed by atoms with Crippen molar-refractivity contribution in [2.24, 2.45) is 0 Å². The lowest BCUT2D eigenvalue weighted by Crippen LogP contribution is -2.13. The second kappa shape index (κ2) is 8.53. The van der Waals surface area contributed by atoms with Crippen LogP contribution in [0.2, 0.25) is 0 Å². The second-order valence-corrected chi connectivity index (χ2v) is 8.11. The summed E-state index contributed by atoms with van der Waals surface area (Å²) < 4.78 is 7.20. The van der Waals surface area contributed by atoms with Gasteiger partial charge in [0.2, 0.25) is 5.91 Å². The summed E-state index contributed by atoms with van der Waals surface area (Å²) in [7, 11) is 1.59. The number of nitrogens with one attached hydrogen (secondary N) is 1. The maximum absolute atomic E-state index is 11.4. The highest BCUT2D eigenvalue weighted by Gasteiger charge is 2.17. The zero-order chi connectivity index (χ0) is 22.0. The SMILES string of the molecule is CNC(=O)/C=C/c1ccc(Oc2c(-c3ccc(O)c(C)c3)sc3cc(O)ccc23)cc1. The lowest BCUT2D eigenvalue weighted by atomic mass is 10.1. The van der Waals surface area contributed by atoms with Crippen molar-refractivity contribution in [2.45, 2.75) is 6.92 Å². The number of fused-ring (bicyclic) bond motifs is 1. The van der Waals surface area contributed by atoms with Gasteiger partial charge in [-0.05, 0) is 78.2 Å². The van der Waals surface area contributed by atoms with E-state index in [1.165, 1.54) is 17.4 Å². The van der Waals surface area contributed by atoms with Crippen molar-refractivity contribution >= 4 is 33.4 Å². The van der Waals surface area contributed by atoms with Gasteiger partial charge in [0.1, 0.15) is 17.2 Å². The molecule has 0 bridgehead atoms. The van der Waals surface area contributed by atoms with E-state index in [0.717, 1.165) is 31.7 Å². The summed E-state index contributed by atoms with van der Waals surface area (Å²) in [6, 6.07) is 18.1. The Morgan fingerprint density at radius 2 is 1.81 bits per heavy atom. The van der Waals surface area contributed by atoms with Gasteiger partial charge in [-0.1, -0.05) is 12.1 Å². The first kappa shape index (κ1) is 20.5. The Hall–Kier alpha value is -3.77. The highest BCUT2D eigenvalue weighted by Crippen LogP contribution is 2.47. The Kier molecular flexibility index (Phi) is 5.64. The van der Waals surface area contributed by atoms with Gasteiger partial charge in [-0.2, -0.15) is 0 Å². The van der Waals surface area contributed by atoms with E-state index in [2.05, 4.69) is 5.32 Å². The van der Waals surface area contributed by atoms with Crippen LogP contribution in [0.5, 0.6) is 23.0 Å². The molecule has 4 aromatic rings. The van der Waals surface area contributed by atoms with Gasteiger partial charge in [-0.25, -0.2) is 0 Å². The van der Waals surface area contributed by atoms with Gasteiger partial charge in [0, 0.05) is 23.2 Å². The standard InChI is InChI=1S/C25H21NO4S/c1-15-13-17(6-11-21(15)28)25-24(20-10-7-18(27)14-22(20)31-25)30-19-8-3-16(4-9-19)5-12-23(29)26-2/h3-14,27-28H,1-2H3,(H,26,29)/b12-5+. The van der Waals surface area contributed by atoms with Crippen molar-refractivity contribution in [3.05, 3.63) is 77.9 Å². The van der Waals surface area contributed by atoms with Crippen LogP contribution in [0.15, 0.2) is 66.7 Å². The number of amides is 1. The number of hydrogen-bond donors (Lipinski definition) is 3. The summed E-state index contributed by atoms with van der Waals surface area (Å²) >= 11 is 1.52. The Balaban J connectivity index is 1.73. The fraction of sp³-hybridized carbons (Fsp3) is 0.0800. The Bertz CT molecular complexity index is 1290. The van der Waals surface area contributed by atoms with Crippen LogP contribution in [-0.4, -0.2) is 23.2 Å². The van der Waals surface area contributed by atoms with Gasteiger partial charge in [0.25, 0.3) is 0 Å². The van der Waals surface area contributed by atoms with E-state index < -0.39 is 0 Å². The number of aromatic hydroxyl groups is 2. The molecule has 0 spiro atoms. The molecule has 0 fully saturated rings. The largest absolute Gasteiger partial charge is 0.508 e. The maximum Gasteiger partial charge on any atom is 0.243 e. The van der Waals surface area contributed by atoms with Crippen LogP contribution in [-0.2, 0) is 4.79 Å². The van der Waals surface area contributed by atoms with Crippen LogP contribution >= 0.6 is 11.3 Å². The van der Waals surface area contributed by atoms with E-state index in [-0.39, 0.29) is 17.4 Å². The van der Waals surface area contributed by atoms with Gasteiger partial charge in [0.15, 0.2) is 5.75 Å². The topological polar surface area (TPSA) is 78.8 Å². The molecule has 0 aliphatic rings. The minimum atomic E-state index is -0.165. The molecule has 0 radical (unpaired) electrons. The minimum absolute atomic E-state index is 0.165. The van der Waals surface area contributed by atoms with Crippen molar-refractivity contribution in [3.8, 4) is 33.4 Å². The highest BCUT2D eigenvalue weighted by atomic mass is 32.1. The number of ether oxygens (including phenoxy) is 1. The molecule has 6 heteroatoms. The Morgan fingerprint density at radius 3 is 2.52 bits per heavy atom. The summed E-state index contributed by atoms with van der Waals surface area (Å²) in [5, 5.41) is 23.2. The van der Waals surface area contributed by atoms with Crippen LogP contribution in [0.3, 0.4) is 0 Å². The van der Waals surface area contributed by atoms with Gasteiger partial charge in [0.05, 0.1) is 4.88 Å². The molecular formula is C25H21NO4S. The quantitative estimate of drug-likeness (QED) is 0.347. The molecule has 0 saturated heterocycles. The van der Waals surface area contributed by atoms with Crippen molar-refractivity contribution in [1.29, 1.82) is 0 Å². The molecule has 156 valence electrons. The fourth-order valence-electron chi connectivity index (χ4n) is 3.17. The summed E-state index contributed by atoms with van der Waals surface area (Å²) in [5.41, 5.74) is 2.58. The van der Waals surface area contributed by atoms with E-state index >= 15 is 0 Å². The average Bonchev–Trinajstić information content (AvgIpc) is 3.12. The van der Waals surface area contributed by atoms with Crippen molar-refractivity contribution in [2.75, 3.05) is 7.05 Å². The average molecular weight is 432 g/mol. The number of hydrogen-bond acceptors (Lipinski definition) is 5. The summed E-state index contributed by atoms with van der Waals surface area (Å²) in [5.74, 6) is 1.62. The molecule has 1 amide bonds. The summed E-state index contributed by atoms with van der Waals surface area (Å²) in [4.78, 5) is 12.3. The van der Waals surface area contributed by atoms with Crippen LogP contribution in [0.4, 0.5) is 0 Å². The van der Waals surface area contributed by atoms with Crippen LogP contribution in [0.25, 0.3) is 26.6 Å². The molecule has 1 aromatic heterocycles. The maximum atomic E-state index is 11.4. The number of phenols is 2. The Labute approximate surface area is 183 Å². The van der Waals surface area contributed by atoms with Gasteiger partial charge in [-0.3, -0.25) is 4.79 Å². The first-order valence-corrected chi connectivity index (χ1v) is 10.5. The highest BCUT2D eigenvalue weighted by molar-refractivity contribution is 7.22. The van der Waals surface area contributed by atoms with Gasteiger partial charge in [-0.15, -0.1) is 11.3 Å². The molecule has 1 heterocycles. The van der Waals surface area contributed by atoms with Gasteiger partial charge < -0.3 is 20.3 Å². The summed E-state index contributed by atoms with van der Waals surface area (Å²) in [6.45, 7) is 1.85. The number of benzene rings is 3. The smallest absolute Gasteiger partial charge is 0.243 e. The lowest BCUT2D eigenvalue weighted by molar-refractivity contribution is -0.115. The zero-order valence-electron chi connectivity index (χ0n) is 17.0. The van der Waals surface area contributed by atoms with E-state index in [4.69, 9.17) is 4.74 Å². The molecule has 31 heavy (non-hydrogen) atoms. The number of likely N-dealkylation sites (N-methyl/N-ethyl adjacent to an activating group) is 1. The van der Waals surface area contributed by atoms with E-state index in [1.807, 2.05) is 49.4 Å². The first-order valence-electron chi connectivity index (χ1n) is 9.68. The molecule has 3 aromatic carbocycles. The molecule has 3 N–H and O–H groups in total. The molecule has 0 saturated carbocycles. The van der Waals surface area contributed by atoms with E-state index in [9.17, 15) is 15.0 Å². The van der Waals surface area contributed by atoms with Crippen LogP contribution in [0, 0.1) is 6.92 Å². The third-order valence-electron chi connectivity index (χ3n) is 4.86. The minimum Gasteiger partial charge on any atom is -0.508 e. The van der Waals surface area contributed by atoms with Crippen molar-refractivity contribution in [1.82, 2.24) is 5.32 Å². The number of carbonyl (C=O) groups excluding carboxylic acids is 1. The van der Waals surface area contributed by atoms with Crippen LogP contribution < -0.4 is 10.1 Å². The third kappa shape index (κ3) is 4.39. The predicted octanol–water partition coefficient (Wildman–Crippen LogP) is 5.84. The lowest BCUT2D eigenvalue weighted by Gasteiger charge is -2.09. The number of thiophene rings is 1. The number of carbonyl (C=O) groups is 1. The second-order valence-electron chi connectivity index (χ2n) is 7.06. The molecule has 0 aliphatic carbocycles. The normalized spacial score (nSPS) is 11.2. The molecule has 0 aliphatic heterocycles. The van der Waals surface area contributed by atoms with Crippen LogP contribution in [0.1, 0.15) is 11.1 Å². The molecule has 0 atom stereocenters. The zero-order valence-corrected chi connectivity index (χ0v) is 17.9. The van der Waals surface area contributed by atoms with Crippen molar-refractivity contribution < 1.29 is 19.7 Å². The number of rotatable bonds is 5. The monoisotopic (exact) mass is 431 g/mol. The molecule has 4 rings (SSSR count). The van der Waals surface area contributed by atoms with Gasteiger partial charge >= 0.3 is 0 Å². The Morgan fingerprint density at radius 1 is 1.03 bits per heavy atom. The number of aryl methyl sites for hydroxylation is 1. The fourth-order valence-corrected chi connectivity index (χ4v) is 4.33. The predicted molar refractivity (Wildman–Crippen MR) is 125 cm³/mol.